The second-order valence-electron chi connectivity index (χ2n) is 11.3. The van der Waals surface area contributed by atoms with Crippen LogP contribution in [0.1, 0.15) is 87.5 Å². The van der Waals surface area contributed by atoms with Gasteiger partial charge < -0.3 is 9.33 Å². The number of carbonyl (C=O) groups is 1. The van der Waals surface area contributed by atoms with Crippen LogP contribution in [0.5, 0.6) is 0 Å². The van der Waals surface area contributed by atoms with Crippen LogP contribution in [0.25, 0.3) is 0 Å². The van der Waals surface area contributed by atoms with Crippen molar-refractivity contribution in [3.8, 4) is 0 Å². The van der Waals surface area contributed by atoms with Gasteiger partial charge in [0.15, 0.2) is 13.4 Å². The predicted molar refractivity (Wildman–Crippen MR) is 152 cm³/mol. The quantitative estimate of drug-likeness (QED) is 0.278. The Morgan fingerprint density at radius 1 is 1.09 bits per heavy atom. The molecule has 3 rings (SSSR count). The average molecular weight is 511 g/mol. The van der Waals surface area contributed by atoms with Gasteiger partial charge in [0.1, 0.15) is 0 Å². The van der Waals surface area contributed by atoms with Crippen molar-refractivity contribution in [2.24, 2.45) is 5.92 Å². The van der Waals surface area contributed by atoms with Gasteiger partial charge in [0.05, 0.1) is 12.1 Å². The maximum absolute atomic E-state index is 12.8. The number of hydrogen-bond acceptors (Lipinski definition) is 3. The van der Waals surface area contributed by atoms with Crippen LogP contribution in [0.4, 0.5) is 0 Å². The lowest BCUT2D eigenvalue weighted by atomic mass is 9.98. The molecule has 2 atom stereocenters. The molecule has 0 bridgehead atoms. The summed E-state index contributed by atoms with van der Waals surface area (Å²) in [6, 6.07) is 18.3. The Hall–Kier alpha value is -2.02. The van der Waals surface area contributed by atoms with Crippen LogP contribution in [0.3, 0.4) is 0 Å². The molecule has 2 unspecified atom stereocenters. The van der Waals surface area contributed by atoms with Crippen LogP contribution in [-0.4, -0.2) is 30.8 Å². The minimum Gasteiger partial charge on any atom is -0.410 e. The molecule has 0 heterocycles. The summed E-state index contributed by atoms with van der Waals surface area (Å²) >= 11 is 5.78. The molecule has 0 saturated heterocycles. The normalized spacial score (nSPS) is 15.9. The third kappa shape index (κ3) is 7.02. The number of hydrogen-bond donors (Lipinski definition) is 1. The fourth-order valence-corrected chi connectivity index (χ4v) is 5.88. The molecule has 1 N–H and O–H groups in total. The molecular weight excluding hydrogens is 468 g/mol. The van der Waals surface area contributed by atoms with Crippen molar-refractivity contribution < 1.29 is 9.22 Å². The molecule has 1 amide bonds. The third-order valence-electron chi connectivity index (χ3n) is 7.41. The summed E-state index contributed by atoms with van der Waals surface area (Å²) in [7, 11) is -1.85. The minimum atomic E-state index is -1.85. The number of thiocarbonyl (C=S) groups is 1. The van der Waals surface area contributed by atoms with Crippen molar-refractivity contribution in [1.82, 2.24) is 10.2 Å². The van der Waals surface area contributed by atoms with E-state index in [9.17, 15) is 4.79 Å². The molecule has 0 radical (unpaired) electrons. The van der Waals surface area contributed by atoms with E-state index in [1.165, 1.54) is 24.0 Å². The standard InChI is InChI=1S/C29H42N2O2SSi/c1-8-20-31(28(34)30-27(32)25-12-10-9-11-13-25)26(24-18-19-24)23-16-14-22(15-17-23)21(2)33-35(6,7)29(3,4)5/h9-17,21,24,26H,8,18-20H2,1-7H3,(H,30,32,34). The molecule has 190 valence electrons. The first-order valence-corrected chi connectivity index (χ1v) is 16.2. The fraction of sp³-hybridized carbons (Fsp3) is 0.517. The van der Waals surface area contributed by atoms with Crippen molar-refractivity contribution >= 4 is 31.6 Å². The third-order valence-corrected chi connectivity index (χ3v) is 12.3. The zero-order valence-electron chi connectivity index (χ0n) is 22.4. The molecular formula is C29H42N2O2SSi. The Labute approximate surface area is 218 Å². The van der Waals surface area contributed by atoms with E-state index in [2.05, 4.69) is 82.2 Å². The van der Waals surface area contributed by atoms with Crippen molar-refractivity contribution in [3.63, 3.8) is 0 Å². The summed E-state index contributed by atoms with van der Waals surface area (Å²) in [4.78, 5) is 15.0. The number of nitrogens with one attached hydrogen (secondary N) is 1. The lowest BCUT2D eigenvalue weighted by Crippen LogP contribution is -2.45. The fourth-order valence-electron chi connectivity index (χ4n) is 4.21. The SMILES string of the molecule is CCCN(C(=S)NC(=O)c1ccccc1)C(c1ccc(C(C)O[Si](C)(C)C(C)(C)C)cc1)C1CC1. The molecule has 2 aromatic rings. The molecule has 1 aliphatic carbocycles. The van der Waals surface area contributed by atoms with Gasteiger partial charge in [0, 0.05) is 12.1 Å². The van der Waals surface area contributed by atoms with Crippen molar-refractivity contribution in [2.45, 2.75) is 84.2 Å². The summed E-state index contributed by atoms with van der Waals surface area (Å²) in [6.45, 7) is 16.5. The monoisotopic (exact) mass is 510 g/mol. The molecule has 1 saturated carbocycles. The Balaban J connectivity index is 1.78. The maximum atomic E-state index is 12.8. The van der Waals surface area contributed by atoms with Gasteiger partial charge in [-0.1, -0.05) is 70.2 Å². The topological polar surface area (TPSA) is 41.6 Å². The summed E-state index contributed by atoms with van der Waals surface area (Å²) in [6.07, 6.45) is 3.39. The highest BCUT2D eigenvalue weighted by molar-refractivity contribution is 7.80. The Morgan fingerprint density at radius 3 is 2.17 bits per heavy atom. The number of nitrogens with zero attached hydrogens (tertiary/aromatic N) is 1. The lowest BCUT2D eigenvalue weighted by Gasteiger charge is -2.38. The van der Waals surface area contributed by atoms with Gasteiger partial charge in [-0.25, -0.2) is 0 Å². The Bertz CT molecular complexity index is 998. The Kier molecular flexibility index (Phi) is 8.94. The summed E-state index contributed by atoms with van der Waals surface area (Å²) < 4.78 is 6.62. The summed E-state index contributed by atoms with van der Waals surface area (Å²) in [5, 5.41) is 3.68. The first kappa shape index (κ1) is 27.6. The lowest BCUT2D eigenvalue weighted by molar-refractivity contribution is 0.0970. The van der Waals surface area contributed by atoms with Gasteiger partial charge in [-0.05, 0) is 85.7 Å². The predicted octanol–water partition coefficient (Wildman–Crippen LogP) is 7.65. The minimum absolute atomic E-state index is 0.0577. The van der Waals surface area contributed by atoms with Crippen molar-refractivity contribution in [3.05, 3.63) is 71.3 Å². The van der Waals surface area contributed by atoms with Gasteiger partial charge >= 0.3 is 0 Å². The van der Waals surface area contributed by atoms with E-state index in [-0.39, 0.29) is 23.1 Å². The molecule has 0 aromatic heterocycles. The molecule has 1 aliphatic rings. The van der Waals surface area contributed by atoms with Gasteiger partial charge in [-0.3, -0.25) is 10.1 Å². The van der Waals surface area contributed by atoms with E-state index in [4.69, 9.17) is 16.6 Å². The van der Waals surface area contributed by atoms with Crippen LogP contribution < -0.4 is 5.32 Å². The second-order valence-corrected chi connectivity index (χ2v) is 16.4. The number of carbonyl (C=O) groups excluding carboxylic acids is 1. The zero-order valence-corrected chi connectivity index (χ0v) is 24.2. The number of amides is 1. The number of benzene rings is 2. The Morgan fingerprint density at radius 2 is 1.66 bits per heavy atom. The highest BCUT2D eigenvalue weighted by Gasteiger charge is 2.39. The van der Waals surface area contributed by atoms with Gasteiger partial charge in [-0.2, -0.15) is 0 Å². The second kappa shape index (κ2) is 11.4. The van der Waals surface area contributed by atoms with E-state index in [0.717, 1.165) is 13.0 Å². The highest BCUT2D eigenvalue weighted by Crippen LogP contribution is 2.45. The average Bonchev–Trinajstić information content (AvgIpc) is 3.64. The molecule has 35 heavy (non-hydrogen) atoms. The zero-order chi connectivity index (χ0) is 25.8. The summed E-state index contributed by atoms with van der Waals surface area (Å²) in [5.41, 5.74) is 3.07. The van der Waals surface area contributed by atoms with Crippen LogP contribution >= 0.6 is 12.2 Å². The molecule has 1 fully saturated rings. The van der Waals surface area contributed by atoms with Gasteiger partial charge in [0.25, 0.3) is 5.91 Å². The summed E-state index contributed by atoms with van der Waals surface area (Å²) in [5.74, 6) is 0.401. The van der Waals surface area contributed by atoms with E-state index in [1.54, 1.807) is 0 Å². The first-order chi connectivity index (χ1) is 16.4. The molecule has 2 aromatic carbocycles. The smallest absolute Gasteiger partial charge is 0.257 e. The van der Waals surface area contributed by atoms with Crippen LogP contribution in [0.15, 0.2) is 54.6 Å². The largest absolute Gasteiger partial charge is 0.410 e. The number of rotatable bonds is 9. The van der Waals surface area contributed by atoms with E-state index in [1.807, 2.05) is 30.3 Å². The van der Waals surface area contributed by atoms with E-state index >= 15 is 0 Å². The van der Waals surface area contributed by atoms with Crippen LogP contribution in [0, 0.1) is 5.92 Å². The molecule has 0 aliphatic heterocycles. The molecule has 0 spiro atoms. The highest BCUT2D eigenvalue weighted by atomic mass is 32.1. The van der Waals surface area contributed by atoms with Crippen LogP contribution in [0.2, 0.25) is 18.1 Å². The molecule has 4 nitrogen and oxygen atoms in total. The van der Waals surface area contributed by atoms with Crippen molar-refractivity contribution in [1.29, 1.82) is 0 Å². The van der Waals surface area contributed by atoms with E-state index < -0.39 is 8.32 Å². The maximum Gasteiger partial charge on any atom is 0.257 e. The molecule has 6 heteroatoms. The van der Waals surface area contributed by atoms with Gasteiger partial charge in [-0.15, -0.1) is 0 Å². The first-order valence-electron chi connectivity index (χ1n) is 12.9. The van der Waals surface area contributed by atoms with Gasteiger partial charge in [0.2, 0.25) is 0 Å². The van der Waals surface area contributed by atoms with E-state index in [0.29, 0.717) is 16.6 Å². The van der Waals surface area contributed by atoms with Crippen molar-refractivity contribution in [2.75, 3.05) is 6.54 Å². The van der Waals surface area contributed by atoms with Crippen LogP contribution in [-0.2, 0) is 4.43 Å².